The molecule has 20 heavy (non-hydrogen) atoms. The number of alkyl halides is 3. The van der Waals surface area contributed by atoms with Gasteiger partial charge >= 0.3 is 6.18 Å². The number of carbonyl (C=O) groups excluding carboxylic acids is 1. The van der Waals surface area contributed by atoms with E-state index in [4.69, 9.17) is 5.84 Å². The first-order valence-electron chi connectivity index (χ1n) is 6.28. The number of nitrogens with zero attached hydrogens (tertiary/aromatic N) is 1. The molecule has 4 nitrogen and oxygen atoms in total. The van der Waals surface area contributed by atoms with Crippen LogP contribution in [0.3, 0.4) is 0 Å². The lowest BCUT2D eigenvalue weighted by molar-refractivity contribution is -0.185. The second-order valence-electron chi connectivity index (χ2n) is 4.84. The smallest absolute Gasteiger partial charge is 0.299 e. The standard InChI is InChI=1S/C12H16F3N3OS/c13-12(14,15)9-1-4-18(5-2-9)7-8-3-6-20-10(8)11(19)17-16/h3,6,9H,1-2,4-5,7,16H2,(H,17,19). The average Bonchev–Trinajstić information content (AvgIpc) is 2.85. The van der Waals surface area contributed by atoms with Gasteiger partial charge in [0.1, 0.15) is 0 Å². The Morgan fingerprint density at radius 1 is 1.45 bits per heavy atom. The average molecular weight is 307 g/mol. The number of hydrogen-bond acceptors (Lipinski definition) is 4. The van der Waals surface area contributed by atoms with E-state index in [1.807, 2.05) is 11.0 Å². The van der Waals surface area contributed by atoms with Crippen molar-refractivity contribution in [3.8, 4) is 0 Å². The summed E-state index contributed by atoms with van der Waals surface area (Å²) >= 11 is 1.28. The molecular formula is C12H16F3N3OS. The number of piperidine rings is 1. The lowest BCUT2D eigenvalue weighted by Crippen LogP contribution is -2.39. The number of hydrazine groups is 1. The summed E-state index contributed by atoms with van der Waals surface area (Å²) in [5.41, 5.74) is 2.88. The molecule has 1 aliphatic heterocycles. The van der Waals surface area contributed by atoms with Gasteiger partial charge in [-0.3, -0.25) is 15.1 Å². The molecule has 0 bridgehead atoms. The van der Waals surface area contributed by atoms with Crippen molar-refractivity contribution in [1.82, 2.24) is 10.3 Å². The topological polar surface area (TPSA) is 58.4 Å². The number of nitrogens with two attached hydrogens (primary N) is 1. The Kier molecular flexibility index (Phi) is 4.66. The maximum absolute atomic E-state index is 12.6. The van der Waals surface area contributed by atoms with Crippen molar-refractivity contribution in [3.63, 3.8) is 0 Å². The van der Waals surface area contributed by atoms with Gasteiger partial charge in [0.05, 0.1) is 10.8 Å². The van der Waals surface area contributed by atoms with E-state index in [0.717, 1.165) is 5.56 Å². The summed E-state index contributed by atoms with van der Waals surface area (Å²) < 4.78 is 37.7. The Balaban J connectivity index is 1.93. The van der Waals surface area contributed by atoms with Crippen LogP contribution < -0.4 is 11.3 Å². The Labute approximate surface area is 118 Å². The molecule has 2 heterocycles. The number of halogens is 3. The van der Waals surface area contributed by atoms with Crippen LogP contribution in [0.15, 0.2) is 11.4 Å². The Hall–Kier alpha value is -1.12. The van der Waals surface area contributed by atoms with Crippen molar-refractivity contribution in [1.29, 1.82) is 0 Å². The highest BCUT2D eigenvalue weighted by Crippen LogP contribution is 2.34. The minimum absolute atomic E-state index is 0.117. The third-order valence-corrected chi connectivity index (χ3v) is 4.48. The largest absolute Gasteiger partial charge is 0.391 e. The van der Waals surface area contributed by atoms with Gasteiger partial charge < -0.3 is 0 Å². The van der Waals surface area contributed by atoms with Gasteiger partial charge in [-0.2, -0.15) is 13.2 Å². The van der Waals surface area contributed by atoms with Crippen molar-refractivity contribution in [2.24, 2.45) is 11.8 Å². The number of nitrogens with one attached hydrogen (secondary N) is 1. The van der Waals surface area contributed by atoms with Crippen LogP contribution >= 0.6 is 11.3 Å². The minimum atomic E-state index is -4.10. The molecule has 0 aromatic carbocycles. The molecule has 1 aromatic heterocycles. The third kappa shape index (κ3) is 3.50. The van der Waals surface area contributed by atoms with Crippen LogP contribution in [0.2, 0.25) is 0 Å². The van der Waals surface area contributed by atoms with Crippen LogP contribution in [0.1, 0.15) is 28.1 Å². The van der Waals surface area contributed by atoms with Crippen molar-refractivity contribution in [3.05, 3.63) is 21.9 Å². The SMILES string of the molecule is NNC(=O)c1sccc1CN1CCC(C(F)(F)F)CC1. The van der Waals surface area contributed by atoms with Gasteiger partial charge in [0.2, 0.25) is 0 Å². The quantitative estimate of drug-likeness (QED) is 0.511. The molecule has 0 radical (unpaired) electrons. The molecule has 0 spiro atoms. The number of carbonyl (C=O) groups is 1. The highest BCUT2D eigenvalue weighted by molar-refractivity contribution is 7.12. The molecule has 2 rings (SSSR count). The number of likely N-dealkylation sites (tertiary alicyclic amines) is 1. The van der Waals surface area contributed by atoms with E-state index in [-0.39, 0.29) is 18.7 Å². The van der Waals surface area contributed by atoms with E-state index in [2.05, 4.69) is 5.43 Å². The van der Waals surface area contributed by atoms with Gasteiger partial charge in [0.25, 0.3) is 5.91 Å². The molecule has 1 aromatic rings. The minimum Gasteiger partial charge on any atom is -0.299 e. The lowest BCUT2D eigenvalue weighted by Gasteiger charge is -2.32. The van der Waals surface area contributed by atoms with E-state index in [1.165, 1.54) is 11.3 Å². The van der Waals surface area contributed by atoms with Crippen molar-refractivity contribution in [2.45, 2.75) is 25.6 Å². The molecule has 1 aliphatic rings. The molecular weight excluding hydrogens is 291 g/mol. The molecule has 3 N–H and O–H groups in total. The number of thiophene rings is 1. The molecule has 1 amide bonds. The molecule has 0 aliphatic carbocycles. The van der Waals surface area contributed by atoms with Gasteiger partial charge in [0.15, 0.2) is 0 Å². The van der Waals surface area contributed by atoms with Crippen LogP contribution in [0.5, 0.6) is 0 Å². The van der Waals surface area contributed by atoms with Gasteiger partial charge in [-0.25, -0.2) is 5.84 Å². The molecule has 0 unspecified atom stereocenters. The number of hydrogen-bond donors (Lipinski definition) is 2. The normalized spacial score (nSPS) is 18.2. The summed E-state index contributed by atoms with van der Waals surface area (Å²) in [7, 11) is 0. The van der Waals surface area contributed by atoms with Crippen LogP contribution in [0.25, 0.3) is 0 Å². The molecule has 112 valence electrons. The summed E-state index contributed by atoms with van der Waals surface area (Å²) in [4.78, 5) is 14.0. The summed E-state index contributed by atoms with van der Waals surface area (Å²) in [6.07, 6.45) is -3.86. The molecule has 1 saturated heterocycles. The van der Waals surface area contributed by atoms with E-state index < -0.39 is 12.1 Å². The maximum atomic E-state index is 12.6. The van der Waals surface area contributed by atoms with Crippen LogP contribution in [-0.2, 0) is 6.54 Å². The number of nitrogen functional groups attached to an aromatic ring is 1. The van der Waals surface area contributed by atoms with Crippen LogP contribution in [-0.4, -0.2) is 30.1 Å². The Bertz CT molecular complexity index is 467. The van der Waals surface area contributed by atoms with Gasteiger partial charge in [0, 0.05) is 6.54 Å². The monoisotopic (exact) mass is 307 g/mol. The van der Waals surface area contributed by atoms with E-state index in [0.29, 0.717) is 24.5 Å². The van der Waals surface area contributed by atoms with E-state index in [9.17, 15) is 18.0 Å². The number of rotatable bonds is 3. The van der Waals surface area contributed by atoms with Gasteiger partial charge in [-0.1, -0.05) is 0 Å². The summed E-state index contributed by atoms with van der Waals surface area (Å²) in [5, 5.41) is 1.78. The zero-order chi connectivity index (χ0) is 14.8. The third-order valence-electron chi connectivity index (χ3n) is 3.53. The van der Waals surface area contributed by atoms with Crippen LogP contribution in [0, 0.1) is 5.92 Å². The van der Waals surface area contributed by atoms with Crippen molar-refractivity contribution < 1.29 is 18.0 Å². The van der Waals surface area contributed by atoms with Gasteiger partial charge in [-0.15, -0.1) is 11.3 Å². The first-order valence-corrected chi connectivity index (χ1v) is 7.16. The Morgan fingerprint density at radius 3 is 2.65 bits per heavy atom. The van der Waals surface area contributed by atoms with E-state index in [1.54, 1.807) is 5.38 Å². The van der Waals surface area contributed by atoms with E-state index >= 15 is 0 Å². The van der Waals surface area contributed by atoms with Gasteiger partial charge in [-0.05, 0) is 42.9 Å². The predicted molar refractivity (Wildman–Crippen MR) is 70.0 cm³/mol. The molecule has 1 fully saturated rings. The first kappa shape index (κ1) is 15.3. The zero-order valence-corrected chi connectivity index (χ0v) is 11.6. The van der Waals surface area contributed by atoms with Crippen LogP contribution in [0.4, 0.5) is 13.2 Å². The predicted octanol–water partition coefficient (Wildman–Crippen LogP) is 2.13. The lowest BCUT2D eigenvalue weighted by atomic mass is 9.96. The second-order valence-corrected chi connectivity index (χ2v) is 5.76. The fraction of sp³-hybridized carbons (Fsp3) is 0.583. The summed E-state index contributed by atoms with van der Waals surface area (Å²) in [6.45, 7) is 1.27. The number of amides is 1. The fourth-order valence-electron chi connectivity index (χ4n) is 2.38. The summed E-state index contributed by atoms with van der Waals surface area (Å²) in [5.74, 6) is 3.54. The Morgan fingerprint density at radius 2 is 2.10 bits per heavy atom. The summed E-state index contributed by atoms with van der Waals surface area (Å²) in [6, 6.07) is 1.81. The molecule has 0 saturated carbocycles. The van der Waals surface area contributed by atoms with Crippen molar-refractivity contribution in [2.75, 3.05) is 13.1 Å². The molecule has 8 heteroatoms. The maximum Gasteiger partial charge on any atom is 0.391 e. The highest BCUT2D eigenvalue weighted by Gasteiger charge is 2.41. The molecule has 0 atom stereocenters. The second kappa shape index (κ2) is 6.11. The zero-order valence-electron chi connectivity index (χ0n) is 10.7. The van der Waals surface area contributed by atoms with Crippen molar-refractivity contribution >= 4 is 17.2 Å². The fourth-order valence-corrected chi connectivity index (χ4v) is 3.20. The first-order chi connectivity index (χ1) is 9.41. The highest BCUT2D eigenvalue weighted by atomic mass is 32.1.